The van der Waals surface area contributed by atoms with E-state index in [2.05, 4.69) is 10.1 Å². The minimum Gasteiger partial charge on any atom is -0.465 e. The van der Waals surface area contributed by atoms with Gasteiger partial charge in [0.2, 0.25) is 0 Å². The average Bonchev–Trinajstić information content (AvgIpc) is 2.52. The van der Waals surface area contributed by atoms with Crippen LogP contribution in [0.1, 0.15) is 17.3 Å². The molecule has 124 valence electrons. The number of ether oxygens (including phenoxy) is 1. The van der Waals surface area contributed by atoms with Crippen LogP contribution in [0, 0.1) is 20.2 Å². The number of nitro benzene ring substituents is 2. The fraction of sp³-hybridized carbons (Fsp3) is 0.462. The summed E-state index contributed by atoms with van der Waals surface area (Å²) >= 11 is 0. The van der Waals surface area contributed by atoms with Crippen LogP contribution in [0.3, 0.4) is 0 Å². The monoisotopic (exact) mass is 325 g/mol. The van der Waals surface area contributed by atoms with Crippen LogP contribution in [-0.4, -0.2) is 48.6 Å². The Bertz CT molecular complexity index is 662. The number of rotatable bonds is 4. The van der Waals surface area contributed by atoms with E-state index in [1.807, 2.05) is 6.92 Å². The van der Waals surface area contributed by atoms with Crippen molar-refractivity contribution in [3.8, 4) is 0 Å². The van der Waals surface area contributed by atoms with E-state index >= 15 is 0 Å². The van der Waals surface area contributed by atoms with Crippen LogP contribution in [0.15, 0.2) is 12.1 Å². The maximum Gasteiger partial charge on any atom is 0.340 e. The summed E-state index contributed by atoms with van der Waals surface area (Å²) in [7, 11) is 1.13. The predicted molar refractivity (Wildman–Crippen MR) is 79.6 cm³/mol. The van der Waals surface area contributed by atoms with Gasteiger partial charge in [-0.05, 0) is 6.92 Å². The van der Waals surface area contributed by atoms with E-state index in [4.69, 9.17) is 0 Å². The molecule has 1 aromatic carbocycles. The summed E-state index contributed by atoms with van der Waals surface area (Å²) in [4.78, 5) is 34.6. The average molecular weight is 325 g/mol. The number of nitrogens with zero attached hydrogens (tertiary/aromatic N) is 3. The van der Waals surface area contributed by atoms with E-state index in [-0.39, 0.29) is 17.3 Å². The van der Waals surface area contributed by atoms with Crippen LogP contribution in [0.2, 0.25) is 0 Å². The third-order valence-corrected chi connectivity index (χ3v) is 3.68. The molecule has 10 nitrogen and oxygen atoms in total. The first kappa shape index (κ1) is 16.6. The number of anilines is 1. The van der Waals surface area contributed by atoms with Gasteiger partial charge in [-0.1, -0.05) is 0 Å². The Kier molecular flexibility index (Phi) is 4.74. The Hall–Kier alpha value is -2.75. The maximum atomic E-state index is 12.0. The first-order valence-corrected chi connectivity index (χ1v) is 6.98. The Morgan fingerprint density at radius 1 is 1.35 bits per heavy atom. The van der Waals surface area contributed by atoms with E-state index in [9.17, 15) is 25.0 Å². The number of nitro groups is 2. The van der Waals surface area contributed by atoms with Gasteiger partial charge in [-0.15, -0.1) is 0 Å². The zero-order valence-corrected chi connectivity index (χ0v) is 12.7. The number of hydrogen-bond acceptors (Lipinski definition) is 7. The summed E-state index contributed by atoms with van der Waals surface area (Å²) in [5, 5.41) is 24.5. The number of non-ortho nitro benzene ring substituents is 1. The fourth-order valence-electron chi connectivity index (χ4n) is 2.68. The minimum atomic E-state index is -0.839. The van der Waals surface area contributed by atoms with Gasteiger partial charge in [0.25, 0.3) is 11.4 Å². The lowest BCUT2D eigenvalue weighted by Crippen LogP contribution is -2.94. The molecule has 0 radical (unpaired) electrons. The summed E-state index contributed by atoms with van der Waals surface area (Å²) < 4.78 is 4.65. The van der Waals surface area contributed by atoms with Crippen molar-refractivity contribution >= 4 is 23.0 Å². The van der Waals surface area contributed by atoms with Crippen molar-refractivity contribution in [3.05, 3.63) is 37.9 Å². The summed E-state index contributed by atoms with van der Waals surface area (Å²) in [5.41, 5.74) is -1.07. The molecule has 23 heavy (non-hydrogen) atoms. The van der Waals surface area contributed by atoms with E-state index < -0.39 is 27.2 Å². The van der Waals surface area contributed by atoms with Crippen LogP contribution in [0.25, 0.3) is 0 Å². The molecule has 0 spiro atoms. The van der Waals surface area contributed by atoms with Crippen LogP contribution in [0.5, 0.6) is 0 Å². The highest BCUT2D eigenvalue weighted by atomic mass is 16.6. The molecule has 2 rings (SSSR count). The number of nitrogens with two attached hydrogens (primary N) is 1. The highest BCUT2D eigenvalue weighted by molar-refractivity contribution is 5.99. The predicted octanol–water partition coefficient (Wildman–Crippen LogP) is 0.0615. The molecular weight excluding hydrogens is 308 g/mol. The number of quaternary nitrogens is 1. The molecule has 10 heteroatoms. The molecule has 1 aliphatic heterocycles. The van der Waals surface area contributed by atoms with Crippen molar-refractivity contribution < 1.29 is 24.7 Å². The van der Waals surface area contributed by atoms with Crippen LogP contribution >= 0.6 is 0 Å². The molecule has 1 aliphatic rings. The second-order valence-corrected chi connectivity index (χ2v) is 5.31. The number of carbonyl (C=O) groups is 1. The molecule has 0 bridgehead atoms. The van der Waals surface area contributed by atoms with Crippen LogP contribution in [-0.2, 0) is 4.74 Å². The number of piperazine rings is 1. The van der Waals surface area contributed by atoms with Crippen molar-refractivity contribution in [2.45, 2.75) is 13.0 Å². The SMILES string of the molecule is COC(=O)c1cc([N+](=O)[O-])cc([N+](=O)[O-])c1N1CC[NH2+][C@@H](C)C1. The number of carbonyl (C=O) groups excluding carboxylic acids is 1. The molecule has 0 unspecified atom stereocenters. The second kappa shape index (κ2) is 6.57. The summed E-state index contributed by atoms with van der Waals surface area (Å²) in [5.74, 6) is -0.839. The topological polar surface area (TPSA) is 132 Å². The van der Waals surface area contributed by atoms with Crippen molar-refractivity contribution in [1.29, 1.82) is 0 Å². The Balaban J connectivity index is 2.67. The minimum absolute atomic E-state index is 0.0763. The quantitative estimate of drug-likeness (QED) is 0.470. The molecule has 1 atom stereocenters. The zero-order valence-electron chi connectivity index (χ0n) is 12.7. The lowest BCUT2D eigenvalue weighted by molar-refractivity contribution is -0.687. The first-order chi connectivity index (χ1) is 10.8. The molecule has 1 aromatic rings. The molecule has 0 amide bonds. The molecule has 1 heterocycles. The largest absolute Gasteiger partial charge is 0.465 e. The number of benzene rings is 1. The Morgan fingerprint density at radius 3 is 2.57 bits per heavy atom. The summed E-state index contributed by atoms with van der Waals surface area (Å²) in [6, 6.07) is 2.09. The first-order valence-electron chi connectivity index (χ1n) is 6.98. The number of methoxy groups -OCH3 is 1. The van der Waals surface area contributed by atoms with E-state index in [0.717, 1.165) is 19.2 Å². The van der Waals surface area contributed by atoms with Gasteiger partial charge in [0, 0.05) is 6.07 Å². The van der Waals surface area contributed by atoms with Crippen LogP contribution in [0.4, 0.5) is 17.1 Å². The van der Waals surface area contributed by atoms with Crippen molar-refractivity contribution in [1.82, 2.24) is 0 Å². The molecule has 1 fully saturated rings. The highest BCUT2D eigenvalue weighted by Gasteiger charge is 2.33. The molecule has 2 N–H and O–H groups in total. The van der Waals surface area contributed by atoms with E-state index in [0.29, 0.717) is 19.6 Å². The smallest absolute Gasteiger partial charge is 0.340 e. The van der Waals surface area contributed by atoms with Gasteiger partial charge in [-0.25, -0.2) is 4.79 Å². The van der Waals surface area contributed by atoms with E-state index in [1.165, 1.54) is 0 Å². The van der Waals surface area contributed by atoms with Gasteiger partial charge in [0.05, 0.1) is 48.2 Å². The third kappa shape index (κ3) is 3.37. The van der Waals surface area contributed by atoms with Gasteiger partial charge >= 0.3 is 5.97 Å². The molecule has 0 aromatic heterocycles. The van der Waals surface area contributed by atoms with Crippen molar-refractivity contribution in [3.63, 3.8) is 0 Å². The van der Waals surface area contributed by atoms with Gasteiger partial charge in [-0.2, -0.15) is 0 Å². The summed E-state index contributed by atoms with van der Waals surface area (Å²) in [6.45, 7) is 3.65. The number of esters is 1. The normalized spacial score (nSPS) is 17.7. The lowest BCUT2D eigenvalue weighted by atomic mass is 10.1. The second-order valence-electron chi connectivity index (χ2n) is 5.31. The van der Waals surface area contributed by atoms with Gasteiger partial charge in [-0.3, -0.25) is 20.2 Å². The fourth-order valence-corrected chi connectivity index (χ4v) is 2.68. The number of hydrogen-bond donors (Lipinski definition) is 1. The Labute approximate surface area is 131 Å². The maximum absolute atomic E-state index is 12.0. The standard InChI is InChI=1S/C13H16N4O6/c1-8-7-15(4-3-14-8)12-10(13(18)23-2)5-9(16(19)20)6-11(12)17(21)22/h5-6,8,14H,3-4,7H2,1-2H3/p+1/t8-/m0/s1. The zero-order chi connectivity index (χ0) is 17.1. The third-order valence-electron chi connectivity index (χ3n) is 3.68. The molecule has 0 saturated carbocycles. The highest BCUT2D eigenvalue weighted by Crippen LogP contribution is 2.36. The molecular formula is C13H17N4O6+. The van der Waals surface area contributed by atoms with Crippen molar-refractivity contribution in [2.24, 2.45) is 0 Å². The summed E-state index contributed by atoms with van der Waals surface area (Å²) in [6.07, 6.45) is 0. The molecule has 0 aliphatic carbocycles. The van der Waals surface area contributed by atoms with Gasteiger partial charge in [0.1, 0.15) is 11.7 Å². The molecule has 1 saturated heterocycles. The Morgan fingerprint density at radius 2 is 2.04 bits per heavy atom. The van der Waals surface area contributed by atoms with E-state index in [1.54, 1.807) is 4.90 Å². The van der Waals surface area contributed by atoms with Gasteiger partial charge in [0.15, 0.2) is 0 Å². The van der Waals surface area contributed by atoms with Crippen molar-refractivity contribution in [2.75, 3.05) is 31.6 Å². The lowest BCUT2D eigenvalue weighted by Gasteiger charge is -2.31. The van der Waals surface area contributed by atoms with Gasteiger partial charge < -0.3 is 15.0 Å². The van der Waals surface area contributed by atoms with Crippen LogP contribution < -0.4 is 10.2 Å².